The van der Waals surface area contributed by atoms with E-state index in [4.69, 9.17) is 16.7 Å². The smallest absolute Gasteiger partial charge is 0.323 e. The molecule has 1 saturated carbocycles. The second-order valence-corrected chi connectivity index (χ2v) is 6.92. The Kier molecular flexibility index (Phi) is 5.27. The number of aliphatic carboxylic acids is 1. The monoisotopic (exact) mass is 376 g/mol. The molecule has 0 saturated heterocycles. The van der Waals surface area contributed by atoms with Crippen LogP contribution in [-0.4, -0.2) is 49.2 Å². The highest BCUT2D eigenvalue weighted by Crippen LogP contribution is 2.40. The van der Waals surface area contributed by atoms with Gasteiger partial charge in [-0.15, -0.1) is 5.10 Å². The van der Waals surface area contributed by atoms with Crippen LogP contribution in [0.3, 0.4) is 0 Å². The van der Waals surface area contributed by atoms with Gasteiger partial charge in [0.25, 0.3) is 5.91 Å². The molecule has 0 spiro atoms. The number of nitrogens with zero attached hydrogens (tertiary/aromatic N) is 4. The molecule has 1 atom stereocenters. The molecule has 1 N–H and O–H groups in total. The fourth-order valence-corrected chi connectivity index (χ4v) is 2.96. The lowest BCUT2D eigenvalue weighted by atomic mass is 10.2. The van der Waals surface area contributed by atoms with Gasteiger partial charge in [0.05, 0.1) is 10.7 Å². The van der Waals surface area contributed by atoms with Crippen molar-refractivity contribution in [2.45, 2.75) is 45.1 Å². The van der Waals surface area contributed by atoms with E-state index in [2.05, 4.69) is 10.1 Å². The molecule has 3 rings (SSSR count). The number of hydrogen-bond acceptors (Lipinski definition) is 4. The minimum Gasteiger partial charge on any atom is -0.480 e. The molecular weight excluding hydrogens is 356 g/mol. The van der Waals surface area contributed by atoms with Crippen molar-refractivity contribution in [2.75, 3.05) is 6.54 Å². The zero-order valence-electron chi connectivity index (χ0n) is 14.7. The zero-order chi connectivity index (χ0) is 18.8. The van der Waals surface area contributed by atoms with Crippen molar-refractivity contribution in [3.05, 3.63) is 40.9 Å². The van der Waals surface area contributed by atoms with Crippen LogP contribution in [0.5, 0.6) is 0 Å². The highest BCUT2D eigenvalue weighted by Gasteiger charge is 2.34. The number of para-hydroxylation sites is 1. The van der Waals surface area contributed by atoms with Crippen LogP contribution in [0.15, 0.2) is 24.3 Å². The van der Waals surface area contributed by atoms with Crippen LogP contribution in [0.25, 0.3) is 5.69 Å². The Morgan fingerprint density at radius 3 is 2.65 bits per heavy atom. The molecule has 7 nitrogen and oxygen atoms in total. The van der Waals surface area contributed by atoms with E-state index in [-0.39, 0.29) is 24.3 Å². The number of halogens is 1. The second-order valence-electron chi connectivity index (χ2n) is 6.52. The van der Waals surface area contributed by atoms with E-state index in [1.54, 1.807) is 10.7 Å². The van der Waals surface area contributed by atoms with Crippen LogP contribution in [0, 0.1) is 0 Å². The number of amides is 1. The van der Waals surface area contributed by atoms with Gasteiger partial charge in [0.1, 0.15) is 12.4 Å². The molecule has 1 amide bonds. The summed E-state index contributed by atoms with van der Waals surface area (Å²) in [6.07, 6.45) is 2.61. The Morgan fingerprint density at radius 1 is 1.38 bits per heavy atom. The summed E-state index contributed by atoms with van der Waals surface area (Å²) in [6, 6.07) is 7.02. The van der Waals surface area contributed by atoms with Gasteiger partial charge in [0.2, 0.25) is 5.82 Å². The second kappa shape index (κ2) is 7.45. The zero-order valence-corrected chi connectivity index (χ0v) is 15.5. The van der Waals surface area contributed by atoms with Crippen LogP contribution in [-0.2, 0) is 4.79 Å². The van der Waals surface area contributed by atoms with Crippen LogP contribution < -0.4 is 0 Å². The summed E-state index contributed by atoms with van der Waals surface area (Å²) in [6.45, 7) is 3.33. The molecule has 8 heteroatoms. The highest BCUT2D eigenvalue weighted by molar-refractivity contribution is 6.32. The molecule has 0 radical (unpaired) electrons. The van der Waals surface area contributed by atoms with Gasteiger partial charge >= 0.3 is 5.97 Å². The Hall–Kier alpha value is -2.41. The molecule has 1 heterocycles. The maximum absolute atomic E-state index is 12.9. The minimum absolute atomic E-state index is 0.00775. The Balaban J connectivity index is 2.00. The van der Waals surface area contributed by atoms with Gasteiger partial charge in [-0.25, -0.2) is 9.67 Å². The first-order valence-electron chi connectivity index (χ1n) is 8.67. The maximum atomic E-state index is 12.9. The molecule has 1 aliphatic carbocycles. The highest BCUT2D eigenvalue weighted by atomic mass is 35.5. The van der Waals surface area contributed by atoms with Crippen LogP contribution in [0.1, 0.15) is 55.5 Å². The van der Waals surface area contributed by atoms with E-state index in [0.717, 1.165) is 12.8 Å². The first kappa shape index (κ1) is 18.4. The summed E-state index contributed by atoms with van der Waals surface area (Å²) in [7, 11) is 0. The number of rotatable bonds is 7. The van der Waals surface area contributed by atoms with Gasteiger partial charge in [-0.3, -0.25) is 9.59 Å². The molecule has 1 aromatic heterocycles. The molecule has 1 aliphatic rings. The Bertz CT molecular complexity index is 832. The maximum Gasteiger partial charge on any atom is 0.323 e. The predicted octanol–water partition coefficient (Wildman–Crippen LogP) is 3.12. The number of hydrogen-bond donors (Lipinski definition) is 1. The van der Waals surface area contributed by atoms with Crippen molar-refractivity contribution in [3.63, 3.8) is 0 Å². The summed E-state index contributed by atoms with van der Waals surface area (Å²) in [5.74, 6) is -0.591. The van der Waals surface area contributed by atoms with Crippen molar-refractivity contribution >= 4 is 23.5 Å². The van der Waals surface area contributed by atoms with Gasteiger partial charge in [-0.1, -0.05) is 30.7 Å². The SMILES string of the molecule is CCC(C)N(CC(=O)O)C(=O)c1nc(C2CC2)n(-c2ccccc2Cl)n1. The van der Waals surface area contributed by atoms with Crippen LogP contribution in [0.2, 0.25) is 5.02 Å². The lowest BCUT2D eigenvalue weighted by molar-refractivity contribution is -0.138. The number of carbonyl (C=O) groups excluding carboxylic acids is 1. The fraction of sp³-hybridized carbons (Fsp3) is 0.444. The third-order valence-electron chi connectivity index (χ3n) is 4.54. The summed E-state index contributed by atoms with van der Waals surface area (Å²) in [4.78, 5) is 29.8. The average Bonchev–Trinajstić information content (AvgIpc) is 3.37. The first-order chi connectivity index (χ1) is 12.4. The van der Waals surface area contributed by atoms with Gasteiger partial charge in [-0.2, -0.15) is 0 Å². The van der Waals surface area contributed by atoms with Crippen LogP contribution in [0.4, 0.5) is 0 Å². The van der Waals surface area contributed by atoms with E-state index in [1.165, 1.54) is 4.90 Å². The summed E-state index contributed by atoms with van der Waals surface area (Å²) < 4.78 is 1.61. The normalized spacial score (nSPS) is 14.9. The lowest BCUT2D eigenvalue weighted by Crippen LogP contribution is -2.42. The van der Waals surface area contributed by atoms with E-state index in [0.29, 0.717) is 23.0 Å². The van der Waals surface area contributed by atoms with Gasteiger partial charge in [0.15, 0.2) is 0 Å². The lowest BCUT2D eigenvalue weighted by Gasteiger charge is -2.25. The molecule has 2 aromatic rings. The van der Waals surface area contributed by atoms with E-state index < -0.39 is 11.9 Å². The summed E-state index contributed by atoms with van der Waals surface area (Å²) >= 11 is 6.29. The fourth-order valence-electron chi connectivity index (χ4n) is 2.74. The van der Waals surface area contributed by atoms with Crippen molar-refractivity contribution < 1.29 is 14.7 Å². The standard InChI is InChI=1S/C18H21ClN4O3/c1-3-11(2)22(10-15(24)25)18(26)16-20-17(12-8-9-12)23(21-16)14-7-5-4-6-13(14)19/h4-7,11-12H,3,8-10H2,1-2H3,(H,24,25). The van der Waals surface area contributed by atoms with Crippen molar-refractivity contribution in [1.29, 1.82) is 0 Å². The number of carbonyl (C=O) groups is 2. The number of aromatic nitrogens is 3. The van der Waals surface area contributed by atoms with Gasteiger partial charge in [-0.05, 0) is 38.3 Å². The minimum atomic E-state index is -1.06. The third-order valence-corrected chi connectivity index (χ3v) is 4.86. The van der Waals surface area contributed by atoms with Crippen molar-refractivity contribution in [2.24, 2.45) is 0 Å². The van der Waals surface area contributed by atoms with Gasteiger partial charge in [0, 0.05) is 12.0 Å². The molecule has 26 heavy (non-hydrogen) atoms. The molecule has 1 unspecified atom stereocenters. The molecule has 138 valence electrons. The van der Waals surface area contributed by atoms with E-state index in [1.807, 2.05) is 32.0 Å². The molecular formula is C18H21ClN4O3. The topological polar surface area (TPSA) is 88.3 Å². The van der Waals surface area contributed by atoms with Crippen molar-refractivity contribution in [1.82, 2.24) is 19.7 Å². The number of benzene rings is 1. The summed E-state index contributed by atoms with van der Waals surface area (Å²) in [5, 5.41) is 14.0. The number of carboxylic acids is 1. The predicted molar refractivity (Wildman–Crippen MR) is 96.8 cm³/mol. The Morgan fingerprint density at radius 2 is 2.08 bits per heavy atom. The molecule has 1 fully saturated rings. The van der Waals surface area contributed by atoms with E-state index >= 15 is 0 Å². The van der Waals surface area contributed by atoms with Crippen molar-refractivity contribution in [3.8, 4) is 5.69 Å². The first-order valence-corrected chi connectivity index (χ1v) is 9.04. The Labute approximate surface area is 156 Å². The largest absolute Gasteiger partial charge is 0.480 e. The average molecular weight is 377 g/mol. The van der Waals surface area contributed by atoms with E-state index in [9.17, 15) is 9.59 Å². The van der Waals surface area contributed by atoms with Gasteiger partial charge < -0.3 is 10.0 Å². The molecule has 0 bridgehead atoms. The quantitative estimate of drug-likeness (QED) is 0.802. The molecule has 1 aromatic carbocycles. The summed E-state index contributed by atoms with van der Waals surface area (Å²) in [5.41, 5.74) is 0.663. The number of carboxylic acid groups (broad SMARTS) is 1. The third kappa shape index (κ3) is 3.72. The molecule has 0 aliphatic heterocycles. The van der Waals surface area contributed by atoms with Crippen LogP contribution >= 0.6 is 11.6 Å².